The average molecular weight is 547 g/mol. The molecule has 0 atom stereocenters. The minimum atomic E-state index is -4.96. The minimum Gasteiger partial charge on any atom is -0.404 e. The molecule has 0 unspecified atom stereocenters. The molecule has 200 valence electrons. The zero-order chi connectivity index (χ0) is 26.9. The van der Waals surface area contributed by atoms with Gasteiger partial charge in [0.1, 0.15) is 16.2 Å². The number of hydrogen-bond donors (Lipinski definition) is 1. The molecule has 2 aromatic heterocycles. The molecule has 3 aromatic rings. The first kappa shape index (κ1) is 26.2. The van der Waals surface area contributed by atoms with E-state index >= 15 is 0 Å². The number of nitrogens with one attached hydrogen (secondary N) is 1. The summed E-state index contributed by atoms with van der Waals surface area (Å²) in [6, 6.07) is 8.87. The Labute approximate surface area is 220 Å². The van der Waals surface area contributed by atoms with Crippen molar-refractivity contribution in [2.75, 3.05) is 38.5 Å². The highest BCUT2D eigenvalue weighted by Gasteiger charge is 2.55. The van der Waals surface area contributed by atoms with Crippen LogP contribution in [0, 0.1) is 0 Å². The number of carbonyl (C=O) groups is 2. The predicted molar refractivity (Wildman–Crippen MR) is 134 cm³/mol. The van der Waals surface area contributed by atoms with Crippen molar-refractivity contribution in [2.45, 2.75) is 31.2 Å². The van der Waals surface area contributed by atoms with Crippen LogP contribution in [-0.4, -0.2) is 81.8 Å². The van der Waals surface area contributed by atoms with E-state index in [4.69, 9.17) is 0 Å². The summed E-state index contributed by atoms with van der Waals surface area (Å²) in [7, 11) is 2.00. The lowest BCUT2D eigenvalue weighted by Crippen LogP contribution is -2.54. The van der Waals surface area contributed by atoms with Crippen LogP contribution in [0.1, 0.15) is 28.2 Å². The Morgan fingerprint density at radius 2 is 1.87 bits per heavy atom. The number of pyridine rings is 1. The van der Waals surface area contributed by atoms with Crippen molar-refractivity contribution in [3.8, 4) is 16.5 Å². The minimum absolute atomic E-state index is 0.109. The van der Waals surface area contributed by atoms with Gasteiger partial charge in [-0.25, -0.2) is 0 Å². The third-order valence-electron chi connectivity index (χ3n) is 6.69. The number of aromatic nitrogens is 3. The Morgan fingerprint density at radius 1 is 1.11 bits per heavy atom. The number of ketones is 1. The molecule has 3 heterocycles. The number of carbonyl (C=O) groups excluding carboxylic acids is 2. The SMILES string of the molecule is CN1CCN(C2(C(=O)Nc3cc(C(=O)Cc4nnc(-c5ccccn5)s4)ccc3OC(F)(F)F)CC2)CC1. The zero-order valence-corrected chi connectivity index (χ0v) is 21.3. The molecule has 1 aliphatic heterocycles. The van der Waals surface area contributed by atoms with Gasteiger partial charge in [0, 0.05) is 37.9 Å². The molecule has 2 fully saturated rings. The van der Waals surface area contributed by atoms with Gasteiger partial charge in [-0.15, -0.1) is 23.4 Å². The molecule has 0 radical (unpaired) electrons. The Hall–Kier alpha value is -3.42. The summed E-state index contributed by atoms with van der Waals surface area (Å²) in [4.78, 5) is 34.8. The lowest BCUT2D eigenvalue weighted by Gasteiger charge is -2.37. The summed E-state index contributed by atoms with van der Waals surface area (Å²) in [6.07, 6.45) is -2.22. The number of likely N-dealkylation sites (N-methyl/N-ethyl adjacent to an activating group) is 1. The second-order valence-corrected chi connectivity index (χ2v) is 10.4. The quantitative estimate of drug-likeness (QED) is 0.428. The van der Waals surface area contributed by atoms with Crippen molar-refractivity contribution >= 4 is 28.7 Å². The van der Waals surface area contributed by atoms with Gasteiger partial charge in [0.25, 0.3) is 0 Å². The number of benzene rings is 1. The van der Waals surface area contributed by atoms with Crippen LogP contribution >= 0.6 is 11.3 Å². The van der Waals surface area contributed by atoms with Crippen molar-refractivity contribution in [1.29, 1.82) is 0 Å². The number of Topliss-reactive ketones (excluding diaryl/α,β-unsaturated/α-hetero) is 1. The van der Waals surface area contributed by atoms with Gasteiger partial charge in [0.2, 0.25) is 5.91 Å². The molecule has 0 bridgehead atoms. The first-order chi connectivity index (χ1) is 18.1. The summed E-state index contributed by atoms with van der Waals surface area (Å²) in [6.45, 7) is 2.98. The maximum Gasteiger partial charge on any atom is 0.573 e. The van der Waals surface area contributed by atoms with Crippen molar-refractivity contribution in [2.24, 2.45) is 0 Å². The number of nitrogens with zero attached hydrogens (tertiary/aromatic N) is 5. The monoisotopic (exact) mass is 546 g/mol. The molecule has 5 rings (SSSR count). The van der Waals surface area contributed by atoms with E-state index < -0.39 is 23.6 Å². The molecule has 9 nitrogen and oxygen atoms in total. The lowest BCUT2D eigenvalue weighted by atomic mass is 10.1. The highest BCUT2D eigenvalue weighted by molar-refractivity contribution is 7.14. The number of halogens is 3. The second-order valence-electron chi connectivity index (χ2n) is 9.35. The first-order valence-corrected chi connectivity index (χ1v) is 12.9. The Balaban J connectivity index is 1.34. The fourth-order valence-corrected chi connectivity index (χ4v) is 5.27. The maximum atomic E-state index is 13.3. The second kappa shape index (κ2) is 10.4. The molecule has 1 aliphatic carbocycles. The first-order valence-electron chi connectivity index (χ1n) is 12.0. The van der Waals surface area contributed by atoms with E-state index in [1.165, 1.54) is 23.5 Å². The topological polar surface area (TPSA) is 101 Å². The van der Waals surface area contributed by atoms with Gasteiger partial charge in [-0.2, -0.15) is 0 Å². The van der Waals surface area contributed by atoms with Gasteiger partial charge in [-0.05, 0) is 50.2 Å². The van der Waals surface area contributed by atoms with E-state index in [2.05, 4.69) is 35.0 Å². The van der Waals surface area contributed by atoms with E-state index in [0.717, 1.165) is 19.2 Å². The van der Waals surface area contributed by atoms with E-state index in [9.17, 15) is 22.8 Å². The van der Waals surface area contributed by atoms with Crippen LogP contribution in [0.25, 0.3) is 10.7 Å². The average Bonchev–Trinajstić information content (AvgIpc) is 3.57. The van der Waals surface area contributed by atoms with Crippen LogP contribution in [0.3, 0.4) is 0 Å². The molecule has 1 amide bonds. The van der Waals surface area contributed by atoms with Crippen molar-refractivity contribution in [1.82, 2.24) is 25.0 Å². The Kier molecular flexibility index (Phi) is 7.16. The molecule has 13 heteroatoms. The Bertz CT molecular complexity index is 1320. The highest BCUT2D eigenvalue weighted by Crippen LogP contribution is 2.44. The third-order valence-corrected chi connectivity index (χ3v) is 7.64. The lowest BCUT2D eigenvalue weighted by molar-refractivity contribution is -0.274. The molecule has 38 heavy (non-hydrogen) atoms. The fraction of sp³-hybridized carbons (Fsp3) is 0.400. The van der Waals surface area contributed by atoms with Crippen LogP contribution < -0.4 is 10.1 Å². The molecule has 0 spiro atoms. The number of ether oxygens (including phenoxy) is 1. The van der Waals surface area contributed by atoms with Crippen LogP contribution in [0.2, 0.25) is 0 Å². The van der Waals surface area contributed by atoms with Gasteiger partial charge in [-0.3, -0.25) is 19.5 Å². The number of rotatable bonds is 8. The predicted octanol–water partition coefficient (Wildman–Crippen LogP) is 3.64. The van der Waals surface area contributed by atoms with Crippen LogP contribution in [0.5, 0.6) is 5.75 Å². The van der Waals surface area contributed by atoms with Gasteiger partial charge >= 0.3 is 6.36 Å². The molecule has 1 saturated heterocycles. The summed E-state index contributed by atoms with van der Waals surface area (Å²) < 4.78 is 43.4. The normalized spacial score (nSPS) is 17.7. The van der Waals surface area contributed by atoms with Gasteiger partial charge in [0.15, 0.2) is 16.5 Å². The van der Waals surface area contributed by atoms with Crippen molar-refractivity contribution in [3.05, 3.63) is 53.2 Å². The number of alkyl halides is 3. The number of amides is 1. The number of hydrogen-bond acceptors (Lipinski definition) is 9. The molecular weight excluding hydrogens is 521 g/mol. The van der Waals surface area contributed by atoms with Gasteiger partial charge < -0.3 is 15.0 Å². The van der Waals surface area contributed by atoms with Crippen LogP contribution in [0.4, 0.5) is 18.9 Å². The van der Waals surface area contributed by atoms with Gasteiger partial charge in [-0.1, -0.05) is 17.4 Å². The van der Waals surface area contributed by atoms with Gasteiger partial charge in [0.05, 0.1) is 12.1 Å². The number of anilines is 1. The molecule has 2 aliphatic rings. The molecule has 1 saturated carbocycles. The van der Waals surface area contributed by atoms with E-state index in [1.54, 1.807) is 18.3 Å². The van der Waals surface area contributed by atoms with E-state index in [-0.39, 0.29) is 23.5 Å². The largest absolute Gasteiger partial charge is 0.573 e. The van der Waals surface area contributed by atoms with E-state index in [1.807, 2.05) is 13.1 Å². The zero-order valence-electron chi connectivity index (χ0n) is 20.5. The highest BCUT2D eigenvalue weighted by atomic mass is 32.1. The van der Waals surface area contributed by atoms with Crippen LogP contribution in [0.15, 0.2) is 42.6 Å². The molecule has 1 N–H and O–H groups in total. The smallest absolute Gasteiger partial charge is 0.404 e. The van der Waals surface area contributed by atoms with E-state index in [0.29, 0.717) is 41.6 Å². The summed E-state index contributed by atoms with van der Waals surface area (Å²) in [5, 5.41) is 11.7. The summed E-state index contributed by atoms with van der Waals surface area (Å²) in [5.41, 5.74) is -0.221. The number of piperazine rings is 1. The summed E-state index contributed by atoms with van der Waals surface area (Å²) in [5.74, 6) is -1.37. The molecular formula is C25H25F3N6O3S. The van der Waals surface area contributed by atoms with Crippen molar-refractivity contribution < 1.29 is 27.5 Å². The van der Waals surface area contributed by atoms with Crippen LogP contribution in [-0.2, 0) is 11.2 Å². The standard InChI is InChI=1S/C25H25F3N6O3S/c1-33-10-12-34(13-11-33)24(7-8-24)23(36)30-18-14-16(5-6-20(18)37-25(26,27)28)19(35)15-21-31-32-22(38-21)17-4-2-3-9-29-17/h2-6,9,14H,7-8,10-13,15H2,1H3,(H,30,36). The Morgan fingerprint density at radius 3 is 2.53 bits per heavy atom. The third kappa shape index (κ3) is 5.84. The fourth-order valence-electron chi connectivity index (χ4n) is 4.45. The summed E-state index contributed by atoms with van der Waals surface area (Å²) >= 11 is 1.20. The van der Waals surface area contributed by atoms with Crippen molar-refractivity contribution in [3.63, 3.8) is 0 Å². The maximum absolute atomic E-state index is 13.3. The molecule has 1 aromatic carbocycles.